The molecule has 148 valence electrons. The summed E-state index contributed by atoms with van der Waals surface area (Å²) in [6.07, 6.45) is 4.54. The van der Waals surface area contributed by atoms with Gasteiger partial charge in [-0.2, -0.15) is 4.98 Å². The van der Waals surface area contributed by atoms with Gasteiger partial charge in [0.25, 0.3) is 0 Å². The molecule has 0 radical (unpaired) electrons. The number of hydrogen-bond acceptors (Lipinski definition) is 6. The van der Waals surface area contributed by atoms with E-state index >= 15 is 0 Å². The maximum Gasteiger partial charge on any atom is 0.240 e. The van der Waals surface area contributed by atoms with Gasteiger partial charge < -0.3 is 10.2 Å². The molecule has 29 heavy (non-hydrogen) atoms. The Morgan fingerprint density at radius 3 is 2.59 bits per heavy atom. The summed E-state index contributed by atoms with van der Waals surface area (Å²) in [6.45, 7) is 0.885. The van der Waals surface area contributed by atoms with E-state index in [1.807, 2.05) is 12.1 Å². The van der Waals surface area contributed by atoms with Crippen LogP contribution in [0.4, 0.5) is 23.1 Å². The van der Waals surface area contributed by atoms with Gasteiger partial charge >= 0.3 is 0 Å². The van der Waals surface area contributed by atoms with E-state index in [1.54, 1.807) is 30.5 Å². The zero-order chi connectivity index (χ0) is 19.8. The first kappa shape index (κ1) is 18.1. The fourth-order valence-corrected chi connectivity index (χ4v) is 4.78. The van der Waals surface area contributed by atoms with E-state index in [9.17, 15) is 8.42 Å². The van der Waals surface area contributed by atoms with E-state index in [-0.39, 0.29) is 10.9 Å². The molecule has 2 N–H and O–H groups in total. The normalized spacial score (nSPS) is 15.9. The second-order valence-electron chi connectivity index (χ2n) is 7.31. The topological polar surface area (TPSA) is 87.2 Å². The SMILES string of the molecule is O=S(=O)(NC1CC1)c1ccc(Nc2nccc(N3CCc4ccccc43)n2)cc1. The Bertz CT molecular complexity index is 1140. The number of aromatic nitrogens is 2. The molecule has 8 heteroatoms. The lowest BCUT2D eigenvalue weighted by Crippen LogP contribution is -2.25. The standard InChI is InChI=1S/C21H21N5O2S/c27-29(28,25-17-5-6-17)18-9-7-16(8-10-18)23-21-22-13-11-20(24-21)26-14-12-15-3-1-2-4-19(15)26/h1-4,7-11,13,17,25H,5-6,12,14H2,(H,22,23,24). The van der Waals surface area contributed by atoms with Crippen LogP contribution in [0.5, 0.6) is 0 Å². The highest BCUT2D eigenvalue weighted by atomic mass is 32.2. The van der Waals surface area contributed by atoms with E-state index in [1.165, 1.54) is 11.3 Å². The number of hydrogen-bond donors (Lipinski definition) is 2. The molecule has 2 heterocycles. The lowest BCUT2D eigenvalue weighted by molar-refractivity contribution is 0.581. The molecule has 0 saturated heterocycles. The maximum atomic E-state index is 12.3. The summed E-state index contributed by atoms with van der Waals surface area (Å²) in [5.74, 6) is 1.30. The van der Waals surface area contributed by atoms with Crippen LogP contribution in [0.15, 0.2) is 65.7 Å². The van der Waals surface area contributed by atoms with Crippen LogP contribution in [-0.4, -0.2) is 31.0 Å². The third-order valence-electron chi connectivity index (χ3n) is 5.12. The number of anilines is 4. The molecule has 7 nitrogen and oxygen atoms in total. The predicted octanol–water partition coefficient (Wildman–Crippen LogP) is 3.36. The number of fused-ring (bicyclic) bond motifs is 1. The van der Waals surface area contributed by atoms with Gasteiger partial charge in [-0.25, -0.2) is 18.1 Å². The van der Waals surface area contributed by atoms with Gasteiger partial charge in [-0.3, -0.25) is 0 Å². The molecule has 0 spiro atoms. The van der Waals surface area contributed by atoms with Crippen molar-refractivity contribution in [2.45, 2.75) is 30.2 Å². The van der Waals surface area contributed by atoms with Crippen molar-refractivity contribution in [3.63, 3.8) is 0 Å². The minimum absolute atomic E-state index is 0.0876. The van der Waals surface area contributed by atoms with Crippen molar-refractivity contribution in [2.75, 3.05) is 16.8 Å². The average molecular weight is 407 g/mol. The van der Waals surface area contributed by atoms with Crippen LogP contribution < -0.4 is 14.9 Å². The van der Waals surface area contributed by atoms with Crippen molar-refractivity contribution in [1.29, 1.82) is 0 Å². The minimum atomic E-state index is -3.45. The van der Waals surface area contributed by atoms with E-state index in [0.29, 0.717) is 5.95 Å². The fourth-order valence-electron chi connectivity index (χ4n) is 3.47. The van der Waals surface area contributed by atoms with Crippen LogP contribution in [0.2, 0.25) is 0 Å². The summed E-state index contributed by atoms with van der Waals surface area (Å²) in [4.78, 5) is 11.4. The minimum Gasteiger partial charge on any atom is -0.326 e. The van der Waals surface area contributed by atoms with E-state index in [0.717, 1.165) is 37.3 Å². The van der Waals surface area contributed by atoms with Crippen molar-refractivity contribution < 1.29 is 8.42 Å². The molecule has 1 saturated carbocycles. The van der Waals surface area contributed by atoms with Crippen LogP contribution in [0.3, 0.4) is 0 Å². The van der Waals surface area contributed by atoms with Crippen LogP contribution in [-0.2, 0) is 16.4 Å². The molecule has 0 unspecified atom stereocenters. The third kappa shape index (κ3) is 3.81. The lowest BCUT2D eigenvalue weighted by atomic mass is 10.2. The average Bonchev–Trinajstić information content (AvgIpc) is 3.42. The van der Waals surface area contributed by atoms with E-state index < -0.39 is 10.0 Å². The molecule has 2 aromatic carbocycles. The Balaban J connectivity index is 1.33. The molecule has 0 amide bonds. The number of benzene rings is 2. The Kier molecular flexibility index (Phi) is 4.44. The smallest absolute Gasteiger partial charge is 0.240 e. The van der Waals surface area contributed by atoms with E-state index in [2.05, 4.69) is 43.1 Å². The fraction of sp³-hybridized carbons (Fsp3) is 0.238. The zero-order valence-corrected chi connectivity index (χ0v) is 16.6. The Morgan fingerprint density at radius 2 is 1.79 bits per heavy atom. The van der Waals surface area contributed by atoms with Gasteiger partial charge in [-0.15, -0.1) is 0 Å². The molecular weight excluding hydrogens is 386 g/mol. The summed E-state index contributed by atoms with van der Waals surface area (Å²) >= 11 is 0. The number of rotatable bonds is 6. The van der Waals surface area contributed by atoms with Crippen LogP contribution in [0.1, 0.15) is 18.4 Å². The first-order valence-electron chi connectivity index (χ1n) is 9.66. The molecule has 0 atom stereocenters. The first-order valence-corrected chi connectivity index (χ1v) is 11.1. The maximum absolute atomic E-state index is 12.3. The second kappa shape index (κ2) is 7.13. The Hall–Kier alpha value is -2.97. The Morgan fingerprint density at radius 1 is 1.00 bits per heavy atom. The molecule has 5 rings (SSSR count). The Labute approximate surface area is 169 Å². The van der Waals surface area contributed by atoms with Crippen molar-refractivity contribution in [2.24, 2.45) is 0 Å². The quantitative estimate of drug-likeness (QED) is 0.652. The lowest BCUT2D eigenvalue weighted by Gasteiger charge is -2.18. The molecule has 1 aliphatic carbocycles. The van der Waals surface area contributed by atoms with Gasteiger partial charge in [-0.05, 0) is 61.2 Å². The highest BCUT2D eigenvalue weighted by Gasteiger charge is 2.27. The van der Waals surface area contributed by atoms with Crippen molar-refractivity contribution in [1.82, 2.24) is 14.7 Å². The number of nitrogens with one attached hydrogen (secondary N) is 2. The van der Waals surface area contributed by atoms with Crippen LogP contribution >= 0.6 is 0 Å². The molecular formula is C21H21N5O2S. The van der Waals surface area contributed by atoms with Gasteiger partial charge in [0, 0.05) is 30.2 Å². The van der Waals surface area contributed by atoms with Crippen molar-refractivity contribution >= 4 is 33.2 Å². The van der Waals surface area contributed by atoms with Gasteiger partial charge in [-0.1, -0.05) is 18.2 Å². The van der Waals surface area contributed by atoms with Gasteiger partial charge in [0.2, 0.25) is 16.0 Å². The molecule has 2 aliphatic rings. The molecule has 1 fully saturated rings. The van der Waals surface area contributed by atoms with Gasteiger partial charge in [0.1, 0.15) is 5.82 Å². The summed E-state index contributed by atoms with van der Waals surface area (Å²) in [6, 6.07) is 16.9. The molecule has 0 bridgehead atoms. The number of para-hydroxylation sites is 1. The summed E-state index contributed by atoms with van der Waals surface area (Å²) in [5.41, 5.74) is 3.22. The van der Waals surface area contributed by atoms with Crippen LogP contribution in [0, 0.1) is 0 Å². The third-order valence-corrected chi connectivity index (χ3v) is 6.66. The summed E-state index contributed by atoms with van der Waals surface area (Å²) in [5, 5.41) is 3.16. The van der Waals surface area contributed by atoms with Gasteiger partial charge in [0.05, 0.1) is 4.90 Å². The highest BCUT2D eigenvalue weighted by Crippen LogP contribution is 2.33. The number of sulfonamides is 1. The summed E-state index contributed by atoms with van der Waals surface area (Å²) in [7, 11) is -3.45. The predicted molar refractivity (Wildman–Crippen MR) is 112 cm³/mol. The van der Waals surface area contributed by atoms with Crippen molar-refractivity contribution in [3.8, 4) is 0 Å². The second-order valence-corrected chi connectivity index (χ2v) is 9.03. The van der Waals surface area contributed by atoms with E-state index in [4.69, 9.17) is 0 Å². The first-order chi connectivity index (χ1) is 14.1. The molecule has 1 aliphatic heterocycles. The van der Waals surface area contributed by atoms with Gasteiger partial charge in [0.15, 0.2) is 0 Å². The monoisotopic (exact) mass is 407 g/mol. The molecule has 1 aromatic heterocycles. The molecule has 3 aromatic rings. The summed E-state index contributed by atoms with van der Waals surface area (Å²) < 4.78 is 27.2. The zero-order valence-electron chi connectivity index (χ0n) is 15.7. The van der Waals surface area contributed by atoms with Crippen molar-refractivity contribution in [3.05, 3.63) is 66.4 Å². The number of nitrogens with zero attached hydrogens (tertiary/aromatic N) is 3. The highest BCUT2D eigenvalue weighted by molar-refractivity contribution is 7.89. The largest absolute Gasteiger partial charge is 0.326 e. The van der Waals surface area contributed by atoms with Crippen LogP contribution in [0.25, 0.3) is 0 Å².